The van der Waals surface area contributed by atoms with E-state index < -0.39 is 5.97 Å². The van der Waals surface area contributed by atoms with Crippen LogP contribution in [0.1, 0.15) is 33.5 Å². The maximum Gasteiger partial charge on any atom is 0.338 e. The fraction of sp³-hybridized carbons (Fsp3) is 0.250. The monoisotopic (exact) mass is 329 g/mol. The third-order valence-corrected chi connectivity index (χ3v) is 4.33. The molecule has 0 radical (unpaired) electrons. The highest BCUT2D eigenvalue weighted by Gasteiger charge is 2.11. The first-order chi connectivity index (χ1) is 11.1. The minimum atomic E-state index is -0.439. The average molecular weight is 329 g/mol. The Hall–Kier alpha value is -2.54. The fourth-order valence-corrected chi connectivity index (χ4v) is 2.88. The first kappa shape index (κ1) is 15.4. The Balaban J connectivity index is 1.77. The number of carbonyl (C=O) groups excluding carboxylic acids is 1. The first-order valence-electron chi connectivity index (χ1n) is 7.19. The van der Waals surface area contributed by atoms with Crippen LogP contribution in [-0.2, 0) is 17.8 Å². The smallest absolute Gasteiger partial charge is 0.338 e. The lowest BCUT2D eigenvalue weighted by molar-refractivity contribution is 0.0468. The second-order valence-corrected chi connectivity index (χ2v) is 6.11. The molecule has 3 aromatic rings. The topological polar surface area (TPSA) is 73.6 Å². The minimum absolute atomic E-state index is 0.0438. The van der Waals surface area contributed by atoms with E-state index in [1.165, 1.54) is 21.9 Å². The average Bonchev–Trinajstić information content (AvgIpc) is 2.97. The van der Waals surface area contributed by atoms with Crippen LogP contribution in [0.15, 0.2) is 35.1 Å². The zero-order valence-electron chi connectivity index (χ0n) is 12.8. The summed E-state index contributed by atoms with van der Waals surface area (Å²) in [6.07, 6.45) is 0.741. The minimum Gasteiger partial charge on any atom is -0.456 e. The zero-order chi connectivity index (χ0) is 16.4. The van der Waals surface area contributed by atoms with E-state index in [2.05, 4.69) is 10.1 Å². The molecule has 0 amide bonds. The molecule has 118 valence electrons. The molecule has 0 saturated carbocycles. The highest BCUT2D eigenvalue weighted by atomic mass is 32.1. The number of esters is 1. The fourth-order valence-electron chi connectivity index (χ4n) is 2.03. The predicted octanol–water partition coefficient (Wildman–Crippen LogP) is 2.38. The number of hydrogen-bond donors (Lipinski definition) is 0. The number of ether oxygens (including phenoxy) is 1. The van der Waals surface area contributed by atoms with E-state index in [9.17, 15) is 9.59 Å². The Kier molecular flexibility index (Phi) is 4.20. The number of aryl methyl sites for hydroxylation is 2. The molecule has 2 aromatic heterocycles. The van der Waals surface area contributed by atoms with Gasteiger partial charge >= 0.3 is 5.97 Å². The second kappa shape index (κ2) is 6.29. The summed E-state index contributed by atoms with van der Waals surface area (Å²) in [5.74, 6) is -0.439. The summed E-state index contributed by atoms with van der Waals surface area (Å²) in [6.45, 7) is 3.87. The third-order valence-electron chi connectivity index (χ3n) is 3.28. The molecule has 0 unspecified atom stereocenters. The van der Waals surface area contributed by atoms with Crippen LogP contribution < -0.4 is 5.56 Å². The van der Waals surface area contributed by atoms with Gasteiger partial charge in [0.25, 0.3) is 5.56 Å². The Morgan fingerprint density at radius 1 is 1.30 bits per heavy atom. The molecular formula is C16H15N3O3S. The lowest BCUT2D eigenvalue weighted by atomic mass is 10.1. The van der Waals surface area contributed by atoms with Crippen molar-refractivity contribution < 1.29 is 9.53 Å². The van der Waals surface area contributed by atoms with Crippen molar-refractivity contribution >= 4 is 22.3 Å². The zero-order valence-corrected chi connectivity index (χ0v) is 13.6. The van der Waals surface area contributed by atoms with Crippen LogP contribution in [-0.4, -0.2) is 20.6 Å². The summed E-state index contributed by atoms with van der Waals surface area (Å²) in [4.78, 5) is 28.8. The van der Waals surface area contributed by atoms with Gasteiger partial charge in [0, 0.05) is 6.07 Å². The van der Waals surface area contributed by atoms with Gasteiger partial charge in [-0.1, -0.05) is 36.0 Å². The van der Waals surface area contributed by atoms with Gasteiger partial charge in [0.2, 0.25) is 4.96 Å². The number of hydrogen-bond acceptors (Lipinski definition) is 6. The molecular weight excluding hydrogens is 314 g/mol. The van der Waals surface area contributed by atoms with Gasteiger partial charge in [-0.3, -0.25) is 4.79 Å². The van der Waals surface area contributed by atoms with Gasteiger partial charge in [-0.25, -0.2) is 9.78 Å². The number of carbonyl (C=O) groups is 1. The normalized spacial score (nSPS) is 10.9. The van der Waals surface area contributed by atoms with Crippen molar-refractivity contribution in [2.45, 2.75) is 26.9 Å². The van der Waals surface area contributed by atoms with Crippen LogP contribution in [0, 0.1) is 6.92 Å². The second-order valence-electron chi connectivity index (χ2n) is 5.07. The van der Waals surface area contributed by atoms with Crippen molar-refractivity contribution in [2.24, 2.45) is 0 Å². The van der Waals surface area contributed by atoms with Crippen LogP contribution in [0.5, 0.6) is 0 Å². The molecule has 0 fully saturated rings. The Morgan fingerprint density at radius 3 is 2.74 bits per heavy atom. The quantitative estimate of drug-likeness (QED) is 0.687. The number of benzene rings is 1. The van der Waals surface area contributed by atoms with E-state index in [0.717, 1.165) is 17.0 Å². The maximum atomic E-state index is 12.0. The predicted molar refractivity (Wildman–Crippen MR) is 86.8 cm³/mol. The molecule has 3 rings (SSSR count). The van der Waals surface area contributed by atoms with Crippen LogP contribution >= 0.6 is 11.3 Å². The molecule has 0 spiro atoms. The van der Waals surface area contributed by atoms with Crippen molar-refractivity contribution in [2.75, 3.05) is 0 Å². The molecule has 0 aliphatic carbocycles. The van der Waals surface area contributed by atoms with Crippen molar-refractivity contribution in [3.8, 4) is 0 Å². The summed E-state index contributed by atoms with van der Waals surface area (Å²) in [5.41, 5.74) is 1.69. The van der Waals surface area contributed by atoms with Crippen LogP contribution in [0.25, 0.3) is 4.96 Å². The van der Waals surface area contributed by atoms with E-state index in [-0.39, 0.29) is 12.2 Å². The molecule has 6 nitrogen and oxygen atoms in total. The summed E-state index contributed by atoms with van der Waals surface area (Å²) in [7, 11) is 0. The lowest BCUT2D eigenvalue weighted by Gasteiger charge is -2.04. The number of fused-ring (bicyclic) bond motifs is 1. The van der Waals surface area contributed by atoms with Crippen LogP contribution in [0.3, 0.4) is 0 Å². The molecule has 1 aromatic carbocycles. The van der Waals surface area contributed by atoms with E-state index in [1.54, 1.807) is 12.1 Å². The molecule has 0 aliphatic heterocycles. The molecule has 0 aliphatic rings. The number of rotatable bonds is 4. The van der Waals surface area contributed by atoms with Crippen molar-refractivity contribution in [3.05, 3.63) is 62.5 Å². The molecule has 0 atom stereocenters. The molecule has 23 heavy (non-hydrogen) atoms. The van der Waals surface area contributed by atoms with Crippen molar-refractivity contribution in [1.29, 1.82) is 0 Å². The van der Waals surface area contributed by atoms with Gasteiger partial charge in [0.05, 0.1) is 11.3 Å². The highest BCUT2D eigenvalue weighted by Crippen LogP contribution is 2.12. The van der Waals surface area contributed by atoms with Crippen molar-refractivity contribution in [1.82, 2.24) is 14.6 Å². The standard InChI is InChI=1S/C16H15N3O3S/c1-3-13-18-19-14(20)8-12(17-16(19)23-13)9-22-15(21)11-6-4-10(2)5-7-11/h4-8H,3,9H2,1-2H3. The van der Waals surface area contributed by atoms with Crippen LogP contribution in [0.2, 0.25) is 0 Å². The van der Waals surface area contributed by atoms with Gasteiger partial charge in [0.1, 0.15) is 11.6 Å². The van der Waals surface area contributed by atoms with Gasteiger partial charge in [-0.2, -0.15) is 9.61 Å². The highest BCUT2D eigenvalue weighted by molar-refractivity contribution is 7.16. The Bertz CT molecular complexity index is 912. The van der Waals surface area contributed by atoms with E-state index in [4.69, 9.17) is 4.74 Å². The molecule has 0 bridgehead atoms. The first-order valence-corrected chi connectivity index (χ1v) is 8.01. The van der Waals surface area contributed by atoms with Gasteiger partial charge in [-0.05, 0) is 25.5 Å². The summed E-state index contributed by atoms with van der Waals surface area (Å²) in [6, 6.07) is 8.45. The van der Waals surface area contributed by atoms with E-state index in [0.29, 0.717) is 16.2 Å². The summed E-state index contributed by atoms with van der Waals surface area (Å²) < 4.78 is 6.50. The molecule has 2 heterocycles. The lowest BCUT2D eigenvalue weighted by Crippen LogP contribution is -2.16. The SMILES string of the molecule is CCc1nn2c(=O)cc(COC(=O)c3ccc(C)cc3)nc2s1. The van der Waals surface area contributed by atoms with Crippen LogP contribution in [0.4, 0.5) is 0 Å². The Morgan fingerprint density at radius 2 is 2.04 bits per heavy atom. The van der Waals surface area contributed by atoms with Crippen molar-refractivity contribution in [3.63, 3.8) is 0 Å². The largest absolute Gasteiger partial charge is 0.456 e. The maximum absolute atomic E-state index is 12.0. The summed E-state index contributed by atoms with van der Waals surface area (Å²) >= 11 is 1.36. The molecule has 0 N–H and O–H groups in total. The number of aromatic nitrogens is 3. The van der Waals surface area contributed by atoms with Gasteiger partial charge in [0.15, 0.2) is 0 Å². The third kappa shape index (κ3) is 3.29. The van der Waals surface area contributed by atoms with E-state index >= 15 is 0 Å². The Labute approximate surface area is 136 Å². The molecule has 7 heteroatoms. The van der Waals surface area contributed by atoms with E-state index in [1.807, 2.05) is 26.0 Å². The molecule has 0 saturated heterocycles. The van der Waals surface area contributed by atoms with Gasteiger partial charge in [-0.15, -0.1) is 0 Å². The number of nitrogens with zero attached hydrogens (tertiary/aromatic N) is 3. The summed E-state index contributed by atoms with van der Waals surface area (Å²) in [5, 5.41) is 5.01. The van der Waals surface area contributed by atoms with Gasteiger partial charge < -0.3 is 4.74 Å².